The Labute approximate surface area is 179 Å². The average Bonchev–Trinajstić information content (AvgIpc) is 3.00. The van der Waals surface area contributed by atoms with Crippen LogP contribution in [0.25, 0.3) is 0 Å². The van der Waals surface area contributed by atoms with Crippen molar-refractivity contribution in [3.63, 3.8) is 0 Å². The first-order valence-electron chi connectivity index (χ1n) is 12.8. The summed E-state index contributed by atoms with van der Waals surface area (Å²) in [5, 5.41) is 21.4. The Hall–Kier alpha value is -0.340. The van der Waals surface area contributed by atoms with Crippen molar-refractivity contribution in [2.24, 2.45) is 40.4 Å². The molecule has 2 fully saturated rings. The van der Waals surface area contributed by atoms with E-state index in [-0.39, 0.29) is 23.5 Å². The van der Waals surface area contributed by atoms with Gasteiger partial charge in [0, 0.05) is 0 Å². The van der Waals surface area contributed by atoms with Crippen molar-refractivity contribution < 1.29 is 10.2 Å². The summed E-state index contributed by atoms with van der Waals surface area (Å²) in [6, 6.07) is 0. The van der Waals surface area contributed by atoms with Gasteiger partial charge in [0.15, 0.2) is 0 Å². The van der Waals surface area contributed by atoms with Gasteiger partial charge in [0.2, 0.25) is 0 Å². The second-order valence-electron chi connectivity index (χ2n) is 12.3. The van der Waals surface area contributed by atoms with Crippen LogP contribution in [0.15, 0.2) is 11.1 Å². The Bertz CT molecular complexity index is 636. The van der Waals surface area contributed by atoms with E-state index < -0.39 is 0 Å². The van der Waals surface area contributed by atoms with Crippen molar-refractivity contribution in [2.75, 3.05) is 0 Å². The second-order valence-corrected chi connectivity index (χ2v) is 12.3. The molecular formula is C27H46O2. The lowest BCUT2D eigenvalue weighted by Crippen LogP contribution is -2.50. The summed E-state index contributed by atoms with van der Waals surface area (Å²) in [4.78, 5) is 0. The van der Waals surface area contributed by atoms with E-state index >= 15 is 0 Å². The SMILES string of the molecule is CC(C)CCCC(C)C1CCC2C3=C(CCC21C)C1(C)CCC(O)CC1C(O)C3. The van der Waals surface area contributed by atoms with Gasteiger partial charge >= 0.3 is 0 Å². The molecule has 0 aromatic rings. The smallest absolute Gasteiger partial charge is 0.0614 e. The first-order valence-corrected chi connectivity index (χ1v) is 12.8. The van der Waals surface area contributed by atoms with Crippen LogP contribution in [0, 0.1) is 40.4 Å². The summed E-state index contributed by atoms with van der Waals surface area (Å²) >= 11 is 0. The zero-order valence-electron chi connectivity index (χ0n) is 19.7. The first-order chi connectivity index (χ1) is 13.7. The normalized spacial score (nSPS) is 45.7. The number of fused-ring (bicyclic) bond motifs is 4. The molecule has 0 radical (unpaired) electrons. The summed E-state index contributed by atoms with van der Waals surface area (Å²) in [5.41, 5.74) is 3.95. The number of allylic oxidation sites excluding steroid dienone is 1. The summed E-state index contributed by atoms with van der Waals surface area (Å²) in [6.07, 6.45) is 12.6. The third-order valence-corrected chi connectivity index (χ3v) is 10.2. The van der Waals surface area contributed by atoms with Crippen LogP contribution in [-0.4, -0.2) is 22.4 Å². The van der Waals surface area contributed by atoms with Gasteiger partial charge in [0.1, 0.15) is 0 Å². The molecule has 0 spiro atoms. The molecule has 4 aliphatic carbocycles. The van der Waals surface area contributed by atoms with E-state index in [4.69, 9.17) is 0 Å². The molecule has 0 saturated heterocycles. The van der Waals surface area contributed by atoms with Gasteiger partial charge in [-0.1, -0.05) is 65.0 Å². The van der Waals surface area contributed by atoms with Crippen LogP contribution >= 0.6 is 0 Å². The van der Waals surface area contributed by atoms with E-state index in [1.165, 1.54) is 44.9 Å². The molecule has 8 atom stereocenters. The van der Waals surface area contributed by atoms with Crippen molar-refractivity contribution in [1.29, 1.82) is 0 Å². The molecule has 2 heteroatoms. The fourth-order valence-electron chi connectivity index (χ4n) is 8.51. The Morgan fingerprint density at radius 1 is 1.00 bits per heavy atom. The Kier molecular flexibility index (Phi) is 6.01. The van der Waals surface area contributed by atoms with Gasteiger partial charge in [0.05, 0.1) is 12.2 Å². The van der Waals surface area contributed by atoms with Crippen LogP contribution in [0.3, 0.4) is 0 Å². The highest BCUT2D eigenvalue weighted by Crippen LogP contribution is 2.66. The van der Waals surface area contributed by atoms with Crippen molar-refractivity contribution >= 4 is 0 Å². The van der Waals surface area contributed by atoms with Gasteiger partial charge in [-0.25, -0.2) is 0 Å². The molecule has 8 unspecified atom stereocenters. The minimum absolute atomic E-state index is 0.133. The standard InChI is InChI=1S/C27H46O2/c1-17(2)7-6-8-18(3)21-9-10-22-20-16-25(29)24-15-19(28)11-13-27(24,5)23(20)12-14-26(21,22)4/h17-19,21-22,24-25,28-29H,6-16H2,1-5H3. The van der Waals surface area contributed by atoms with Crippen molar-refractivity contribution in [2.45, 2.75) is 117 Å². The highest BCUT2D eigenvalue weighted by atomic mass is 16.3. The quantitative estimate of drug-likeness (QED) is 0.515. The van der Waals surface area contributed by atoms with Gasteiger partial charge < -0.3 is 10.2 Å². The van der Waals surface area contributed by atoms with Crippen LogP contribution in [0.4, 0.5) is 0 Å². The minimum atomic E-state index is -0.251. The fraction of sp³-hybridized carbons (Fsp3) is 0.926. The number of aliphatic hydroxyl groups excluding tert-OH is 2. The lowest BCUT2D eigenvalue weighted by molar-refractivity contribution is -0.0516. The Balaban J connectivity index is 1.56. The third kappa shape index (κ3) is 3.65. The number of rotatable bonds is 5. The zero-order chi connectivity index (χ0) is 21.0. The summed E-state index contributed by atoms with van der Waals surface area (Å²) in [5.74, 6) is 3.46. The van der Waals surface area contributed by atoms with Gasteiger partial charge in [0.25, 0.3) is 0 Å². The monoisotopic (exact) mass is 402 g/mol. The summed E-state index contributed by atoms with van der Waals surface area (Å²) in [7, 11) is 0. The molecule has 0 aromatic carbocycles. The van der Waals surface area contributed by atoms with Gasteiger partial charge in [-0.2, -0.15) is 0 Å². The molecule has 2 nitrogen and oxygen atoms in total. The minimum Gasteiger partial charge on any atom is -0.393 e. The van der Waals surface area contributed by atoms with Gasteiger partial charge in [-0.15, -0.1) is 0 Å². The molecule has 4 rings (SSSR count). The molecule has 0 aromatic heterocycles. The highest BCUT2D eigenvalue weighted by Gasteiger charge is 2.57. The third-order valence-electron chi connectivity index (χ3n) is 10.2. The molecule has 4 aliphatic rings. The number of aliphatic hydroxyl groups is 2. The molecule has 0 amide bonds. The van der Waals surface area contributed by atoms with Gasteiger partial charge in [-0.3, -0.25) is 0 Å². The van der Waals surface area contributed by atoms with Gasteiger partial charge in [-0.05, 0) is 91.8 Å². The maximum Gasteiger partial charge on any atom is 0.0614 e. The molecule has 0 aliphatic heterocycles. The van der Waals surface area contributed by atoms with E-state index in [1.807, 2.05) is 0 Å². The molecule has 0 heterocycles. The topological polar surface area (TPSA) is 40.5 Å². The van der Waals surface area contributed by atoms with Crippen molar-refractivity contribution in [1.82, 2.24) is 0 Å². The van der Waals surface area contributed by atoms with Crippen LogP contribution in [0.1, 0.15) is 105 Å². The fourth-order valence-corrected chi connectivity index (χ4v) is 8.51. The second kappa shape index (κ2) is 7.97. The van der Waals surface area contributed by atoms with E-state index in [1.54, 1.807) is 11.1 Å². The largest absolute Gasteiger partial charge is 0.393 e. The lowest BCUT2D eigenvalue weighted by atomic mass is 9.50. The molecule has 2 N–H and O–H groups in total. The van der Waals surface area contributed by atoms with Crippen LogP contribution in [0.5, 0.6) is 0 Å². The Morgan fingerprint density at radius 2 is 1.76 bits per heavy atom. The van der Waals surface area contributed by atoms with Crippen molar-refractivity contribution in [3.05, 3.63) is 11.1 Å². The Morgan fingerprint density at radius 3 is 2.48 bits per heavy atom. The number of hydrogen-bond donors (Lipinski definition) is 2. The highest BCUT2D eigenvalue weighted by molar-refractivity contribution is 5.35. The summed E-state index contributed by atoms with van der Waals surface area (Å²) in [6.45, 7) is 12.2. The van der Waals surface area contributed by atoms with E-state index in [0.717, 1.165) is 43.4 Å². The predicted molar refractivity (Wildman–Crippen MR) is 121 cm³/mol. The van der Waals surface area contributed by atoms with Crippen molar-refractivity contribution in [3.8, 4) is 0 Å². The van der Waals surface area contributed by atoms with E-state index in [9.17, 15) is 10.2 Å². The molecule has 29 heavy (non-hydrogen) atoms. The predicted octanol–water partition coefficient (Wildman–Crippen LogP) is 6.50. The van der Waals surface area contributed by atoms with Crippen LogP contribution in [0.2, 0.25) is 0 Å². The van der Waals surface area contributed by atoms with Crippen LogP contribution in [-0.2, 0) is 0 Å². The maximum atomic E-state index is 11.1. The average molecular weight is 403 g/mol. The maximum absolute atomic E-state index is 11.1. The number of hydrogen-bond acceptors (Lipinski definition) is 2. The molecule has 2 saturated carbocycles. The first kappa shape index (κ1) is 21.9. The zero-order valence-corrected chi connectivity index (χ0v) is 19.7. The molecule has 166 valence electrons. The lowest BCUT2D eigenvalue weighted by Gasteiger charge is -2.56. The summed E-state index contributed by atoms with van der Waals surface area (Å²) < 4.78 is 0. The molecule has 0 bridgehead atoms. The van der Waals surface area contributed by atoms with E-state index in [2.05, 4.69) is 34.6 Å². The van der Waals surface area contributed by atoms with Crippen LogP contribution < -0.4 is 0 Å². The molecular weight excluding hydrogens is 356 g/mol. The van der Waals surface area contributed by atoms with E-state index in [0.29, 0.717) is 11.3 Å².